The van der Waals surface area contributed by atoms with Gasteiger partial charge in [0.25, 0.3) is 0 Å². The summed E-state index contributed by atoms with van der Waals surface area (Å²) in [5, 5.41) is 0. The fourth-order valence-corrected chi connectivity index (χ4v) is 1.96. The van der Waals surface area contributed by atoms with Gasteiger partial charge in [0, 0.05) is 0 Å². The standard InChI is InChI=1S/C18H22O2/c1-2-16-9-8-12-18(15-16)20-14-7-6-13-19-17-10-4-3-5-11-17/h3-5,8-12,15H,2,6-7,13-14H2,1H3. The zero-order valence-electron chi connectivity index (χ0n) is 12.0. The molecule has 0 radical (unpaired) electrons. The van der Waals surface area contributed by atoms with Crippen LogP contribution in [0.25, 0.3) is 0 Å². The first-order chi connectivity index (χ1) is 9.88. The fraction of sp³-hybridized carbons (Fsp3) is 0.333. The highest BCUT2D eigenvalue weighted by Gasteiger charge is 1.96. The molecule has 0 aliphatic carbocycles. The number of hydrogen-bond donors (Lipinski definition) is 0. The molecule has 2 nitrogen and oxygen atoms in total. The van der Waals surface area contributed by atoms with Crippen LogP contribution >= 0.6 is 0 Å². The molecule has 0 bridgehead atoms. The van der Waals surface area contributed by atoms with E-state index in [1.165, 1.54) is 5.56 Å². The van der Waals surface area contributed by atoms with E-state index >= 15 is 0 Å². The summed E-state index contributed by atoms with van der Waals surface area (Å²) in [5.74, 6) is 1.90. The van der Waals surface area contributed by atoms with Crippen LogP contribution in [-0.2, 0) is 6.42 Å². The molecular formula is C18H22O2. The Balaban J connectivity index is 1.59. The lowest BCUT2D eigenvalue weighted by Crippen LogP contribution is -2.02. The van der Waals surface area contributed by atoms with Gasteiger partial charge in [-0.15, -0.1) is 0 Å². The normalized spacial score (nSPS) is 10.2. The van der Waals surface area contributed by atoms with Crippen LogP contribution in [-0.4, -0.2) is 13.2 Å². The predicted molar refractivity (Wildman–Crippen MR) is 82.5 cm³/mol. The Labute approximate surface area is 121 Å². The Morgan fingerprint density at radius 3 is 2.10 bits per heavy atom. The zero-order chi connectivity index (χ0) is 14.0. The minimum Gasteiger partial charge on any atom is -0.494 e. The summed E-state index contributed by atoms with van der Waals surface area (Å²) in [6, 6.07) is 18.2. The van der Waals surface area contributed by atoms with Crippen LogP contribution in [0.1, 0.15) is 25.3 Å². The Hall–Kier alpha value is -1.96. The molecule has 0 amide bonds. The van der Waals surface area contributed by atoms with E-state index in [0.717, 1.165) is 44.0 Å². The maximum Gasteiger partial charge on any atom is 0.119 e. The summed E-state index contributed by atoms with van der Waals surface area (Å²) >= 11 is 0. The molecule has 0 aliphatic heterocycles. The largest absolute Gasteiger partial charge is 0.494 e. The third kappa shape index (κ3) is 4.96. The van der Waals surface area contributed by atoms with Gasteiger partial charge in [-0.3, -0.25) is 0 Å². The molecule has 2 aromatic rings. The number of hydrogen-bond acceptors (Lipinski definition) is 2. The maximum atomic E-state index is 5.75. The van der Waals surface area contributed by atoms with Crippen LogP contribution in [0.3, 0.4) is 0 Å². The van der Waals surface area contributed by atoms with Crippen LogP contribution in [0.2, 0.25) is 0 Å². The molecule has 2 aromatic carbocycles. The van der Waals surface area contributed by atoms with E-state index < -0.39 is 0 Å². The van der Waals surface area contributed by atoms with Gasteiger partial charge in [-0.25, -0.2) is 0 Å². The molecule has 0 aliphatic rings. The summed E-state index contributed by atoms with van der Waals surface area (Å²) in [5.41, 5.74) is 1.31. The molecule has 20 heavy (non-hydrogen) atoms. The second-order valence-corrected chi connectivity index (χ2v) is 4.72. The molecule has 0 saturated heterocycles. The number of benzene rings is 2. The average Bonchev–Trinajstić information content (AvgIpc) is 2.52. The Morgan fingerprint density at radius 1 is 0.750 bits per heavy atom. The van der Waals surface area contributed by atoms with Gasteiger partial charge in [0.1, 0.15) is 11.5 Å². The average molecular weight is 270 g/mol. The van der Waals surface area contributed by atoms with E-state index in [4.69, 9.17) is 9.47 Å². The van der Waals surface area contributed by atoms with Crippen molar-refractivity contribution < 1.29 is 9.47 Å². The van der Waals surface area contributed by atoms with Crippen molar-refractivity contribution in [3.05, 3.63) is 60.2 Å². The number of unbranched alkanes of at least 4 members (excludes halogenated alkanes) is 1. The van der Waals surface area contributed by atoms with Crippen LogP contribution < -0.4 is 9.47 Å². The Bertz CT molecular complexity index is 494. The van der Waals surface area contributed by atoms with E-state index in [0.29, 0.717) is 0 Å². The van der Waals surface area contributed by atoms with E-state index in [9.17, 15) is 0 Å². The van der Waals surface area contributed by atoms with E-state index in [1.54, 1.807) is 0 Å². The van der Waals surface area contributed by atoms with Crippen LogP contribution in [0.4, 0.5) is 0 Å². The zero-order valence-corrected chi connectivity index (χ0v) is 12.0. The van der Waals surface area contributed by atoms with Gasteiger partial charge >= 0.3 is 0 Å². The maximum absolute atomic E-state index is 5.75. The van der Waals surface area contributed by atoms with Crippen LogP contribution in [0.15, 0.2) is 54.6 Å². The van der Waals surface area contributed by atoms with Gasteiger partial charge in [-0.1, -0.05) is 37.3 Å². The lowest BCUT2D eigenvalue weighted by molar-refractivity contribution is 0.266. The minimum absolute atomic E-state index is 0.738. The minimum atomic E-state index is 0.738. The van der Waals surface area contributed by atoms with Crippen molar-refractivity contribution in [2.45, 2.75) is 26.2 Å². The quantitative estimate of drug-likeness (QED) is 0.658. The molecule has 0 atom stereocenters. The van der Waals surface area contributed by atoms with Crippen molar-refractivity contribution in [3.8, 4) is 11.5 Å². The first-order valence-corrected chi connectivity index (χ1v) is 7.28. The Kier molecular flexibility index (Phi) is 5.97. The summed E-state index contributed by atoms with van der Waals surface area (Å²) in [6.45, 7) is 3.63. The number of aryl methyl sites for hydroxylation is 1. The highest BCUT2D eigenvalue weighted by atomic mass is 16.5. The molecule has 0 unspecified atom stereocenters. The van der Waals surface area contributed by atoms with E-state index in [1.807, 2.05) is 42.5 Å². The second-order valence-electron chi connectivity index (χ2n) is 4.72. The van der Waals surface area contributed by atoms with E-state index in [-0.39, 0.29) is 0 Å². The van der Waals surface area contributed by atoms with Crippen molar-refractivity contribution >= 4 is 0 Å². The number of rotatable bonds is 8. The second kappa shape index (κ2) is 8.26. The lowest BCUT2D eigenvalue weighted by atomic mass is 10.2. The third-order valence-electron chi connectivity index (χ3n) is 3.13. The van der Waals surface area contributed by atoms with Crippen molar-refractivity contribution in [1.82, 2.24) is 0 Å². The van der Waals surface area contributed by atoms with Gasteiger partial charge in [-0.2, -0.15) is 0 Å². The molecular weight excluding hydrogens is 248 g/mol. The molecule has 0 N–H and O–H groups in total. The van der Waals surface area contributed by atoms with Gasteiger partial charge in [0.2, 0.25) is 0 Å². The summed E-state index contributed by atoms with van der Waals surface area (Å²) in [4.78, 5) is 0. The smallest absolute Gasteiger partial charge is 0.119 e. The molecule has 106 valence electrons. The van der Waals surface area contributed by atoms with Gasteiger partial charge in [0.15, 0.2) is 0 Å². The monoisotopic (exact) mass is 270 g/mol. The summed E-state index contributed by atoms with van der Waals surface area (Å²) in [6.07, 6.45) is 3.05. The first-order valence-electron chi connectivity index (χ1n) is 7.28. The summed E-state index contributed by atoms with van der Waals surface area (Å²) in [7, 11) is 0. The molecule has 0 fully saturated rings. The highest BCUT2D eigenvalue weighted by Crippen LogP contribution is 2.14. The van der Waals surface area contributed by atoms with Crippen LogP contribution in [0, 0.1) is 0 Å². The van der Waals surface area contributed by atoms with Crippen molar-refractivity contribution in [1.29, 1.82) is 0 Å². The summed E-state index contributed by atoms with van der Waals surface area (Å²) < 4.78 is 11.4. The number of para-hydroxylation sites is 1. The predicted octanol–water partition coefficient (Wildman–Crippen LogP) is 4.49. The molecule has 2 heteroatoms. The Morgan fingerprint density at radius 2 is 1.40 bits per heavy atom. The molecule has 2 rings (SSSR count). The molecule has 0 spiro atoms. The topological polar surface area (TPSA) is 18.5 Å². The highest BCUT2D eigenvalue weighted by molar-refractivity contribution is 5.28. The first kappa shape index (κ1) is 14.4. The molecule has 0 heterocycles. The third-order valence-corrected chi connectivity index (χ3v) is 3.13. The van der Waals surface area contributed by atoms with Gasteiger partial charge < -0.3 is 9.47 Å². The van der Waals surface area contributed by atoms with Crippen molar-refractivity contribution in [2.75, 3.05) is 13.2 Å². The fourth-order valence-electron chi connectivity index (χ4n) is 1.96. The van der Waals surface area contributed by atoms with Gasteiger partial charge in [0.05, 0.1) is 13.2 Å². The lowest BCUT2D eigenvalue weighted by Gasteiger charge is -2.08. The van der Waals surface area contributed by atoms with E-state index in [2.05, 4.69) is 19.1 Å². The van der Waals surface area contributed by atoms with Crippen LogP contribution in [0.5, 0.6) is 11.5 Å². The van der Waals surface area contributed by atoms with Crippen molar-refractivity contribution in [3.63, 3.8) is 0 Å². The SMILES string of the molecule is CCc1cccc(OCCCCOc2ccccc2)c1. The number of ether oxygens (including phenoxy) is 2. The van der Waals surface area contributed by atoms with Crippen molar-refractivity contribution in [2.24, 2.45) is 0 Å². The molecule has 0 aromatic heterocycles. The molecule has 0 saturated carbocycles. The van der Waals surface area contributed by atoms with Gasteiger partial charge in [-0.05, 0) is 49.1 Å².